The molecule has 2 aliphatic heterocycles. The van der Waals surface area contributed by atoms with Crippen LogP contribution in [0, 0.1) is 28.4 Å². The Labute approximate surface area is 307 Å². The summed E-state index contributed by atoms with van der Waals surface area (Å²) in [5.74, 6) is -8.80. The monoisotopic (exact) mass is 743 g/mol. The number of carboxylic acid groups (broad SMARTS) is 2. The third-order valence-electron chi connectivity index (χ3n) is 10.4. The topological polar surface area (TPSA) is 210 Å². The Morgan fingerprint density at radius 2 is 1.81 bits per heavy atom. The molecule has 284 valence electrons. The predicted molar refractivity (Wildman–Crippen MR) is 189 cm³/mol. The van der Waals surface area contributed by atoms with E-state index in [2.05, 4.69) is 23.7 Å². The lowest BCUT2D eigenvalue weighted by molar-refractivity contribution is -0.384. The van der Waals surface area contributed by atoms with Gasteiger partial charge in [0.15, 0.2) is 22.8 Å². The molecule has 2 bridgehead atoms. The first-order valence-electron chi connectivity index (χ1n) is 17.3. The van der Waals surface area contributed by atoms with Gasteiger partial charge >= 0.3 is 17.9 Å². The van der Waals surface area contributed by atoms with Crippen molar-refractivity contribution in [1.29, 1.82) is 0 Å². The van der Waals surface area contributed by atoms with Gasteiger partial charge in [-0.15, -0.1) is 0 Å². The van der Waals surface area contributed by atoms with Gasteiger partial charge < -0.3 is 39.2 Å². The van der Waals surface area contributed by atoms with E-state index >= 15 is 0 Å². The number of hydrogen-bond acceptors (Lipinski definition) is 11. The Hall–Kier alpha value is -4.02. The third kappa shape index (κ3) is 7.42. The molecule has 15 heteroatoms. The van der Waals surface area contributed by atoms with Crippen molar-refractivity contribution in [1.82, 2.24) is 14.8 Å². The van der Waals surface area contributed by atoms with Crippen molar-refractivity contribution >= 4 is 35.9 Å². The summed E-state index contributed by atoms with van der Waals surface area (Å²) in [5.41, 5.74) is -5.46. The normalized spacial score (nSPS) is 29.3. The zero-order chi connectivity index (χ0) is 38.8. The number of carbonyl (C=O) groups excluding carboxylic acids is 2. The summed E-state index contributed by atoms with van der Waals surface area (Å²) < 4.78 is 18.9. The molecule has 0 spiro atoms. The summed E-state index contributed by atoms with van der Waals surface area (Å²) in [6, 6.07) is 9.55. The van der Waals surface area contributed by atoms with Crippen LogP contribution < -0.4 is 0 Å². The number of nitrogens with zero attached hydrogens (tertiary/aromatic N) is 2. The van der Waals surface area contributed by atoms with Gasteiger partial charge in [0.1, 0.15) is 11.9 Å². The van der Waals surface area contributed by atoms with Crippen LogP contribution in [-0.4, -0.2) is 88.1 Å². The van der Waals surface area contributed by atoms with Crippen LogP contribution in [0.1, 0.15) is 77.8 Å². The predicted octanol–water partition coefficient (Wildman–Crippen LogP) is 4.24. The number of carbonyl (C=O) groups is 4. The van der Waals surface area contributed by atoms with Gasteiger partial charge in [0.25, 0.3) is 0 Å². The van der Waals surface area contributed by atoms with Crippen LogP contribution in [-0.2, 0) is 46.9 Å². The first-order valence-corrected chi connectivity index (χ1v) is 17.7. The average molecular weight is 744 g/mol. The van der Waals surface area contributed by atoms with Crippen LogP contribution in [0.15, 0.2) is 54.6 Å². The van der Waals surface area contributed by atoms with Gasteiger partial charge in [0, 0.05) is 25.5 Å². The van der Waals surface area contributed by atoms with Gasteiger partial charge in [-0.05, 0) is 61.7 Å². The van der Waals surface area contributed by atoms with Gasteiger partial charge in [0.2, 0.25) is 17.0 Å². The summed E-state index contributed by atoms with van der Waals surface area (Å²) in [6.45, 7) is 13.5. The number of allylic oxidation sites excluding steroid dienone is 2. The lowest BCUT2D eigenvalue weighted by atomic mass is 9.74. The number of fused-ring (bicyclic) bond motifs is 2. The van der Waals surface area contributed by atoms with E-state index in [4.69, 9.17) is 26.4 Å². The van der Waals surface area contributed by atoms with E-state index in [1.165, 1.54) is 18.5 Å². The number of aliphatic hydroxyl groups is 2. The minimum absolute atomic E-state index is 0.0196. The molecule has 2 fully saturated rings. The van der Waals surface area contributed by atoms with Crippen LogP contribution in [0.4, 0.5) is 0 Å². The second-order valence-electron chi connectivity index (χ2n) is 14.3. The Bertz CT molecular complexity index is 1760. The molecule has 2 aromatic rings. The standard InChI is InChI=1S/C37H49N3O11S/c1-8-20(2)18-21(3)14-15-26(42)49-29-28(43)35(17-16-22(4)27(24(6)41)23(5)19-25-12-10-9-11-13-25)50-30(31-38-39-34(52)40(31)7)36(48,32(44)45)37(29,51-35)33(46)47/h9-15,20-21,23,27-30,43,48H,4,8,16-19H2,1-3,5-7H3,(H,39,52)(H,44,45)(H,46,47)/b15-14+/t20-,21+,23+,27+,28+,29+,30+,35-,36+,37-/m0/s1. The van der Waals surface area contributed by atoms with E-state index in [1.807, 2.05) is 51.1 Å². The van der Waals surface area contributed by atoms with Gasteiger partial charge in [0.05, 0.1) is 0 Å². The molecular weight excluding hydrogens is 694 g/mol. The first kappa shape index (κ1) is 40.7. The number of nitrogens with one attached hydrogen (secondary N) is 1. The highest BCUT2D eigenvalue weighted by molar-refractivity contribution is 7.71. The van der Waals surface area contributed by atoms with Crippen molar-refractivity contribution in [3.63, 3.8) is 0 Å². The molecule has 5 N–H and O–H groups in total. The summed E-state index contributed by atoms with van der Waals surface area (Å²) in [5, 5.41) is 51.9. The SMILES string of the molecule is C=C(CC[C@]12O[C@H](c3n[nH]c(=S)n3C)[C@@](O)(C(=O)O)[C@](C(=O)O)(O1)[C@H](OC(=O)/C=C/[C@@H](C)C[C@@H](C)CC)[C@H]2O)[C@@H](C(C)=O)[C@H](C)Cc1ccccc1. The molecule has 2 saturated heterocycles. The zero-order valence-electron chi connectivity index (χ0n) is 30.3. The van der Waals surface area contributed by atoms with E-state index in [-0.39, 0.29) is 41.1 Å². The second kappa shape index (κ2) is 15.9. The van der Waals surface area contributed by atoms with Gasteiger partial charge in [-0.2, -0.15) is 5.10 Å². The highest BCUT2D eigenvalue weighted by atomic mass is 32.1. The number of ether oxygens (including phenoxy) is 3. The zero-order valence-corrected chi connectivity index (χ0v) is 31.1. The Kier molecular flexibility index (Phi) is 12.5. The minimum atomic E-state index is -3.55. The fraction of sp³-hybridized carbons (Fsp3) is 0.568. The number of H-pyrrole nitrogens is 1. The summed E-state index contributed by atoms with van der Waals surface area (Å²) in [4.78, 5) is 52.7. The van der Waals surface area contributed by atoms with Crippen molar-refractivity contribution in [2.75, 3.05) is 0 Å². The van der Waals surface area contributed by atoms with Crippen LogP contribution in [0.5, 0.6) is 0 Å². The molecule has 0 amide bonds. The second-order valence-corrected chi connectivity index (χ2v) is 14.7. The van der Waals surface area contributed by atoms with Crippen molar-refractivity contribution in [3.05, 3.63) is 70.8 Å². The van der Waals surface area contributed by atoms with Crippen LogP contribution in [0.3, 0.4) is 0 Å². The molecule has 1 aromatic heterocycles. The van der Waals surface area contributed by atoms with Crippen molar-refractivity contribution in [3.8, 4) is 0 Å². The number of hydrogen-bond donors (Lipinski definition) is 5. The van der Waals surface area contributed by atoms with Crippen LogP contribution in [0.25, 0.3) is 0 Å². The van der Waals surface area contributed by atoms with E-state index in [0.717, 1.165) is 24.5 Å². The molecule has 52 heavy (non-hydrogen) atoms. The molecule has 1 aromatic carbocycles. The lowest BCUT2D eigenvalue weighted by Gasteiger charge is -2.49. The molecule has 2 aliphatic rings. The maximum absolute atomic E-state index is 13.4. The number of esters is 1. The van der Waals surface area contributed by atoms with E-state index in [1.54, 1.807) is 6.08 Å². The third-order valence-corrected chi connectivity index (χ3v) is 10.8. The Morgan fingerprint density at radius 3 is 2.35 bits per heavy atom. The van der Waals surface area contributed by atoms with Crippen molar-refractivity contribution in [2.45, 2.75) is 102 Å². The molecule has 10 atom stereocenters. The number of ketones is 1. The lowest BCUT2D eigenvalue weighted by Crippen LogP contribution is -2.74. The largest absolute Gasteiger partial charge is 0.479 e. The van der Waals surface area contributed by atoms with E-state index < -0.39 is 59.1 Å². The smallest absolute Gasteiger partial charge is 0.344 e. The number of benzene rings is 1. The summed E-state index contributed by atoms with van der Waals surface area (Å²) in [6.07, 6.45) is -2.25. The van der Waals surface area contributed by atoms with Gasteiger partial charge in [-0.25, -0.2) is 14.4 Å². The molecule has 3 heterocycles. The molecule has 0 unspecified atom stereocenters. The molecular formula is C37H49N3O11S. The number of aromatic nitrogens is 3. The average Bonchev–Trinajstić information content (AvgIpc) is 3.52. The molecule has 4 rings (SSSR count). The van der Waals surface area contributed by atoms with Gasteiger partial charge in [-0.3, -0.25) is 9.89 Å². The number of aliphatic hydroxyl groups excluding tert-OH is 1. The maximum Gasteiger partial charge on any atom is 0.344 e. The number of rotatable bonds is 17. The highest BCUT2D eigenvalue weighted by Gasteiger charge is 2.85. The minimum Gasteiger partial charge on any atom is -0.479 e. The van der Waals surface area contributed by atoms with E-state index in [9.17, 15) is 39.6 Å². The number of carboxylic acids is 2. The molecule has 0 radical (unpaired) electrons. The highest BCUT2D eigenvalue weighted by Crippen LogP contribution is 2.59. The number of aromatic amines is 1. The fourth-order valence-electron chi connectivity index (χ4n) is 7.52. The molecule has 0 saturated carbocycles. The van der Waals surface area contributed by atoms with Crippen molar-refractivity contribution < 1.29 is 53.8 Å². The Morgan fingerprint density at radius 1 is 1.15 bits per heavy atom. The number of aliphatic carboxylic acids is 2. The van der Waals surface area contributed by atoms with Crippen LogP contribution >= 0.6 is 12.2 Å². The van der Waals surface area contributed by atoms with Crippen LogP contribution in [0.2, 0.25) is 0 Å². The summed E-state index contributed by atoms with van der Waals surface area (Å²) >= 11 is 5.21. The number of Topliss-reactive ketones (excluding diaryl/α,β-unsaturated/α-hetero) is 1. The molecule has 0 aliphatic carbocycles. The quantitative estimate of drug-likeness (QED) is 0.0666. The molecule has 14 nitrogen and oxygen atoms in total. The summed E-state index contributed by atoms with van der Waals surface area (Å²) in [7, 11) is 1.39. The maximum atomic E-state index is 13.4. The first-order chi connectivity index (χ1) is 24.4. The fourth-order valence-corrected chi connectivity index (χ4v) is 7.66. The van der Waals surface area contributed by atoms with Crippen molar-refractivity contribution in [2.24, 2.45) is 30.7 Å². The Balaban J connectivity index is 1.78. The van der Waals surface area contributed by atoms with Gasteiger partial charge in [-0.1, -0.05) is 82.7 Å². The van der Waals surface area contributed by atoms with E-state index in [0.29, 0.717) is 17.9 Å².